The van der Waals surface area contributed by atoms with Crippen LogP contribution in [-0.4, -0.2) is 18.6 Å². The quantitative estimate of drug-likeness (QED) is 0.748. The van der Waals surface area contributed by atoms with Crippen LogP contribution in [0.1, 0.15) is 5.56 Å². The standard InChI is InChI=1S/C10H11ClN4O2S/c1-6-4-7(11)9(5-8(6)12)18(16,17)15-10-2-3-13-14-10/h2-5H,12H2,1H3,(H2,13,14,15). The number of aryl methyl sites for hydroxylation is 1. The van der Waals surface area contributed by atoms with Gasteiger partial charge in [-0.05, 0) is 24.6 Å². The summed E-state index contributed by atoms with van der Waals surface area (Å²) in [5, 5.41) is 6.26. The van der Waals surface area contributed by atoms with Crippen molar-refractivity contribution in [2.24, 2.45) is 0 Å². The van der Waals surface area contributed by atoms with Gasteiger partial charge in [0.05, 0.1) is 11.2 Å². The predicted molar refractivity (Wildman–Crippen MR) is 70.0 cm³/mol. The maximum atomic E-state index is 12.1. The van der Waals surface area contributed by atoms with Gasteiger partial charge in [0, 0.05) is 11.8 Å². The fourth-order valence-corrected chi connectivity index (χ4v) is 3.02. The lowest BCUT2D eigenvalue weighted by molar-refractivity contribution is 0.601. The summed E-state index contributed by atoms with van der Waals surface area (Å²) in [5.74, 6) is 0.255. The Morgan fingerprint density at radius 2 is 2.17 bits per heavy atom. The van der Waals surface area contributed by atoms with E-state index in [1.54, 1.807) is 6.92 Å². The van der Waals surface area contributed by atoms with Gasteiger partial charge in [-0.2, -0.15) is 5.10 Å². The second kappa shape index (κ2) is 4.51. The molecule has 0 unspecified atom stereocenters. The van der Waals surface area contributed by atoms with Crippen molar-refractivity contribution in [2.45, 2.75) is 11.8 Å². The fourth-order valence-electron chi connectivity index (χ4n) is 1.39. The lowest BCUT2D eigenvalue weighted by Gasteiger charge is -2.10. The van der Waals surface area contributed by atoms with Gasteiger partial charge in [0.25, 0.3) is 10.0 Å². The monoisotopic (exact) mass is 286 g/mol. The summed E-state index contributed by atoms with van der Waals surface area (Å²) < 4.78 is 26.5. The number of aromatic nitrogens is 2. The molecule has 0 radical (unpaired) electrons. The Bertz CT molecular complexity index is 667. The van der Waals surface area contributed by atoms with Crippen molar-refractivity contribution < 1.29 is 8.42 Å². The molecular formula is C10H11ClN4O2S. The lowest BCUT2D eigenvalue weighted by atomic mass is 10.2. The van der Waals surface area contributed by atoms with Crippen LogP contribution >= 0.6 is 11.6 Å². The third-order valence-corrected chi connectivity index (χ3v) is 4.19. The molecule has 0 bridgehead atoms. The first-order valence-corrected chi connectivity index (χ1v) is 6.84. The SMILES string of the molecule is Cc1cc(Cl)c(S(=O)(=O)Nc2ccn[nH]2)cc1N. The van der Waals surface area contributed by atoms with E-state index < -0.39 is 10.0 Å². The largest absolute Gasteiger partial charge is 0.398 e. The van der Waals surface area contributed by atoms with Crippen LogP contribution in [0.3, 0.4) is 0 Å². The van der Waals surface area contributed by atoms with E-state index in [0.29, 0.717) is 5.69 Å². The smallest absolute Gasteiger partial charge is 0.264 e. The number of H-pyrrole nitrogens is 1. The molecule has 0 aliphatic carbocycles. The van der Waals surface area contributed by atoms with Crippen LogP contribution in [0.25, 0.3) is 0 Å². The third kappa shape index (κ3) is 2.41. The molecule has 0 aliphatic heterocycles. The van der Waals surface area contributed by atoms with Crippen molar-refractivity contribution in [1.82, 2.24) is 10.2 Å². The molecule has 1 aromatic heterocycles. The van der Waals surface area contributed by atoms with Crippen LogP contribution in [0.4, 0.5) is 11.5 Å². The summed E-state index contributed by atoms with van der Waals surface area (Å²) in [5.41, 5.74) is 6.78. The number of anilines is 2. The van der Waals surface area contributed by atoms with Gasteiger partial charge >= 0.3 is 0 Å². The fraction of sp³-hybridized carbons (Fsp3) is 0.100. The number of nitrogens with two attached hydrogens (primary N) is 1. The van der Waals surface area contributed by atoms with Crippen LogP contribution in [0.15, 0.2) is 29.3 Å². The average Bonchev–Trinajstić information content (AvgIpc) is 2.75. The zero-order valence-corrected chi connectivity index (χ0v) is 11.0. The molecule has 1 heterocycles. The molecule has 18 heavy (non-hydrogen) atoms. The maximum Gasteiger partial charge on any atom is 0.264 e. The predicted octanol–water partition coefficient (Wildman–Crippen LogP) is 1.75. The van der Waals surface area contributed by atoms with Gasteiger partial charge in [-0.1, -0.05) is 11.6 Å². The molecule has 0 fully saturated rings. The molecule has 0 saturated heterocycles. The third-order valence-electron chi connectivity index (χ3n) is 2.36. The normalized spacial score (nSPS) is 11.4. The Morgan fingerprint density at radius 1 is 1.44 bits per heavy atom. The summed E-state index contributed by atoms with van der Waals surface area (Å²) in [6.07, 6.45) is 1.43. The van der Waals surface area contributed by atoms with E-state index in [9.17, 15) is 8.42 Å². The molecule has 4 N–H and O–H groups in total. The second-order valence-corrected chi connectivity index (χ2v) is 5.77. The van der Waals surface area contributed by atoms with Crippen LogP contribution in [-0.2, 0) is 10.0 Å². The van der Waals surface area contributed by atoms with Crippen molar-refractivity contribution in [3.05, 3.63) is 35.0 Å². The highest BCUT2D eigenvalue weighted by molar-refractivity contribution is 7.92. The average molecular weight is 287 g/mol. The highest BCUT2D eigenvalue weighted by Crippen LogP contribution is 2.27. The first kappa shape index (κ1) is 12.7. The number of hydrogen-bond acceptors (Lipinski definition) is 4. The maximum absolute atomic E-state index is 12.1. The summed E-state index contributed by atoms with van der Waals surface area (Å²) >= 11 is 5.93. The van der Waals surface area contributed by atoms with Crippen LogP contribution in [0, 0.1) is 6.92 Å². The van der Waals surface area contributed by atoms with Gasteiger partial charge < -0.3 is 5.73 Å². The molecule has 0 atom stereocenters. The van der Waals surface area contributed by atoms with Gasteiger partial charge in [0.15, 0.2) is 0 Å². The molecule has 2 aromatic rings. The molecule has 6 nitrogen and oxygen atoms in total. The van der Waals surface area contributed by atoms with Gasteiger partial charge in [-0.15, -0.1) is 0 Å². The highest BCUT2D eigenvalue weighted by Gasteiger charge is 2.19. The Labute approximate surface area is 109 Å². The van der Waals surface area contributed by atoms with Crippen LogP contribution in [0.5, 0.6) is 0 Å². The number of nitrogens with zero attached hydrogens (tertiary/aromatic N) is 1. The molecule has 2 rings (SSSR count). The van der Waals surface area contributed by atoms with Gasteiger partial charge in [-0.25, -0.2) is 8.42 Å². The molecule has 8 heteroatoms. The Kier molecular flexibility index (Phi) is 3.18. The molecule has 0 saturated carbocycles. The number of benzene rings is 1. The van der Waals surface area contributed by atoms with Gasteiger partial charge in [0.2, 0.25) is 0 Å². The van der Waals surface area contributed by atoms with Crippen molar-refractivity contribution >= 4 is 33.1 Å². The minimum atomic E-state index is -3.79. The summed E-state index contributed by atoms with van der Waals surface area (Å²) in [7, 11) is -3.79. The van der Waals surface area contributed by atoms with E-state index in [1.165, 1.54) is 24.4 Å². The van der Waals surface area contributed by atoms with Gasteiger partial charge in [0.1, 0.15) is 10.7 Å². The minimum Gasteiger partial charge on any atom is -0.398 e. The van der Waals surface area contributed by atoms with E-state index >= 15 is 0 Å². The van der Waals surface area contributed by atoms with Crippen molar-refractivity contribution in [3.63, 3.8) is 0 Å². The Balaban J connectivity index is 2.44. The van der Waals surface area contributed by atoms with E-state index in [4.69, 9.17) is 17.3 Å². The lowest BCUT2D eigenvalue weighted by Crippen LogP contribution is -2.14. The van der Waals surface area contributed by atoms with E-state index in [2.05, 4.69) is 14.9 Å². The van der Waals surface area contributed by atoms with E-state index in [-0.39, 0.29) is 15.7 Å². The molecule has 0 amide bonds. The zero-order chi connectivity index (χ0) is 13.3. The second-order valence-electron chi connectivity index (χ2n) is 3.72. The Hall–Kier alpha value is -1.73. The molecule has 0 aliphatic rings. The summed E-state index contributed by atoms with van der Waals surface area (Å²) in [6, 6.07) is 4.33. The van der Waals surface area contributed by atoms with Crippen LogP contribution < -0.4 is 10.5 Å². The molecule has 96 valence electrons. The Morgan fingerprint density at radius 3 is 2.78 bits per heavy atom. The number of aromatic amines is 1. The number of sulfonamides is 1. The number of halogens is 1. The highest BCUT2D eigenvalue weighted by atomic mass is 35.5. The van der Waals surface area contributed by atoms with Crippen LogP contribution in [0.2, 0.25) is 5.02 Å². The minimum absolute atomic E-state index is 0.0677. The molecule has 0 spiro atoms. The first-order valence-electron chi connectivity index (χ1n) is 4.98. The first-order chi connectivity index (χ1) is 8.40. The number of rotatable bonds is 3. The number of nitrogens with one attached hydrogen (secondary N) is 2. The zero-order valence-electron chi connectivity index (χ0n) is 9.44. The number of nitrogen functional groups attached to an aromatic ring is 1. The summed E-state index contributed by atoms with van der Waals surface area (Å²) in [4.78, 5) is -0.0677. The van der Waals surface area contributed by atoms with Crippen molar-refractivity contribution in [1.29, 1.82) is 0 Å². The molecular weight excluding hydrogens is 276 g/mol. The van der Waals surface area contributed by atoms with E-state index in [1.807, 2.05) is 0 Å². The molecule has 1 aromatic carbocycles. The summed E-state index contributed by atoms with van der Waals surface area (Å²) in [6.45, 7) is 1.75. The van der Waals surface area contributed by atoms with E-state index in [0.717, 1.165) is 5.56 Å². The topological polar surface area (TPSA) is 101 Å². The van der Waals surface area contributed by atoms with Crippen molar-refractivity contribution in [3.8, 4) is 0 Å². The number of hydrogen-bond donors (Lipinski definition) is 3. The van der Waals surface area contributed by atoms with Gasteiger partial charge in [-0.3, -0.25) is 9.82 Å². The van der Waals surface area contributed by atoms with Crippen molar-refractivity contribution in [2.75, 3.05) is 10.5 Å².